The molecule has 1 saturated heterocycles. The van der Waals surface area contributed by atoms with Gasteiger partial charge in [-0.25, -0.2) is 4.79 Å². The monoisotopic (exact) mass is 430 g/mol. The Morgan fingerprint density at radius 3 is 2.62 bits per heavy atom. The van der Waals surface area contributed by atoms with E-state index in [9.17, 15) is 4.79 Å². The first-order valence-electron chi connectivity index (χ1n) is 9.16. The molecule has 150 valence electrons. The minimum absolute atomic E-state index is 0.197. The minimum Gasteiger partial charge on any atom is -0.494 e. The van der Waals surface area contributed by atoms with Crippen molar-refractivity contribution in [2.75, 3.05) is 18.9 Å². The zero-order valence-corrected chi connectivity index (χ0v) is 17.2. The average molecular weight is 431 g/mol. The third kappa shape index (κ3) is 4.49. The van der Waals surface area contributed by atoms with E-state index in [0.717, 1.165) is 17.0 Å². The van der Waals surface area contributed by atoms with Crippen LogP contribution < -0.4 is 10.1 Å². The summed E-state index contributed by atoms with van der Waals surface area (Å²) in [5.74, 6) is 2.08. The number of benzene rings is 2. The topological polar surface area (TPSA) is 78.3 Å². The predicted molar refractivity (Wildman–Crippen MR) is 112 cm³/mol. The van der Waals surface area contributed by atoms with Gasteiger partial charge in [0.15, 0.2) is 11.0 Å². The molecule has 2 aromatic carbocycles. The molecule has 3 aromatic rings. The molecule has 2 heterocycles. The Morgan fingerprint density at radius 2 is 1.97 bits per heavy atom. The number of nitrogens with zero attached hydrogens (tertiary/aromatic N) is 3. The van der Waals surface area contributed by atoms with Gasteiger partial charge in [-0.05, 0) is 55.5 Å². The second-order valence-corrected chi connectivity index (χ2v) is 7.72. The number of thioether (sulfide) groups is 1. The number of rotatable bonds is 7. The van der Waals surface area contributed by atoms with E-state index >= 15 is 0 Å². The molecule has 0 radical (unpaired) electrons. The van der Waals surface area contributed by atoms with Gasteiger partial charge in [-0.2, -0.15) is 0 Å². The van der Waals surface area contributed by atoms with E-state index in [-0.39, 0.29) is 12.2 Å². The molecule has 1 N–H and O–H groups in total. The lowest BCUT2D eigenvalue weighted by atomic mass is 10.2. The van der Waals surface area contributed by atoms with Crippen LogP contribution in [0.15, 0.2) is 53.7 Å². The van der Waals surface area contributed by atoms with E-state index in [1.807, 2.05) is 60.0 Å². The molecule has 9 heteroatoms. The molecule has 1 aliphatic rings. The molecule has 1 fully saturated rings. The Kier molecular flexibility index (Phi) is 5.92. The van der Waals surface area contributed by atoms with Gasteiger partial charge in [0.25, 0.3) is 0 Å². The molecule has 4 rings (SSSR count). The fourth-order valence-corrected chi connectivity index (χ4v) is 4.00. The summed E-state index contributed by atoms with van der Waals surface area (Å²) >= 11 is 7.52. The number of carbonyl (C=O) groups is 1. The van der Waals surface area contributed by atoms with Crippen LogP contribution in [0.2, 0.25) is 5.02 Å². The van der Waals surface area contributed by atoms with Crippen LogP contribution >= 0.6 is 23.4 Å². The number of aromatic nitrogens is 3. The predicted octanol–water partition coefficient (Wildman–Crippen LogP) is 4.19. The standard InChI is InChI=1S/C20H19ClN4O3S/c1-2-27-16-9-7-15(8-10-16)25-18(13-3-5-14(21)6-4-13)23-24-19(25)29-12-17-11-22-20(26)28-17/h3-10,17H,2,11-12H2,1H3,(H,22,26). The summed E-state index contributed by atoms with van der Waals surface area (Å²) in [4.78, 5) is 11.3. The maximum Gasteiger partial charge on any atom is 0.407 e. The minimum atomic E-state index is -0.384. The lowest BCUT2D eigenvalue weighted by Gasteiger charge is -2.12. The summed E-state index contributed by atoms with van der Waals surface area (Å²) in [5, 5.41) is 12.8. The van der Waals surface area contributed by atoms with Crippen LogP contribution in [-0.4, -0.2) is 45.9 Å². The molecule has 1 aliphatic heterocycles. The van der Waals surface area contributed by atoms with Crippen LogP contribution in [0, 0.1) is 0 Å². The van der Waals surface area contributed by atoms with Crippen molar-refractivity contribution in [3.05, 3.63) is 53.6 Å². The van der Waals surface area contributed by atoms with E-state index in [2.05, 4.69) is 15.5 Å². The highest BCUT2D eigenvalue weighted by Crippen LogP contribution is 2.30. The Morgan fingerprint density at radius 1 is 1.21 bits per heavy atom. The Hall–Kier alpha value is -2.71. The van der Waals surface area contributed by atoms with Gasteiger partial charge < -0.3 is 14.8 Å². The lowest BCUT2D eigenvalue weighted by Crippen LogP contribution is -2.17. The quantitative estimate of drug-likeness (QED) is 0.566. The summed E-state index contributed by atoms with van der Waals surface area (Å²) in [6.45, 7) is 3.05. The number of ether oxygens (including phenoxy) is 2. The molecule has 1 amide bonds. The van der Waals surface area contributed by atoms with Gasteiger partial charge in [0, 0.05) is 22.0 Å². The van der Waals surface area contributed by atoms with Crippen LogP contribution in [0.5, 0.6) is 5.75 Å². The normalized spacial score (nSPS) is 15.8. The molecule has 0 bridgehead atoms. The lowest BCUT2D eigenvalue weighted by molar-refractivity contribution is 0.150. The molecule has 29 heavy (non-hydrogen) atoms. The largest absolute Gasteiger partial charge is 0.494 e. The SMILES string of the molecule is CCOc1ccc(-n2c(SCC3CNC(=O)O3)nnc2-c2ccc(Cl)cc2)cc1. The smallest absolute Gasteiger partial charge is 0.407 e. The maximum absolute atomic E-state index is 11.3. The van der Waals surface area contributed by atoms with Crippen molar-refractivity contribution in [3.63, 3.8) is 0 Å². The number of cyclic esters (lactones) is 1. The molecule has 7 nitrogen and oxygen atoms in total. The molecule has 0 saturated carbocycles. The van der Waals surface area contributed by atoms with Gasteiger partial charge >= 0.3 is 6.09 Å². The molecular weight excluding hydrogens is 412 g/mol. The fourth-order valence-electron chi connectivity index (χ4n) is 2.93. The summed E-state index contributed by atoms with van der Waals surface area (Å²) in [6, 6.07) is 15.2. The zero-order valence-electron chi connectivity index (χ0n) is 15.7. The van der Waals surface area contributed by atoms with Crippen LogP contribution in [0.3, 0.4) is 0 Å². The molecule has 1 unspecified atom stereocenters. The number of amides is 1. The van der Waals surface area contributed by atoms with Crippen molar-refractivity contribution in [1.82, 2.24) is 20.1 Å². The van der Waals surface area contributed by atoms with E-state index in [4.69, 9.17) is 21.1 Å². The summed E-state index contributed by atoms with van der Waals surface area (Å²) in [6.07, 6.45) is -0.581. The first-order chi connectivity index (χ1) is 14.1. The van der Waals surface area contributed by atoms with Gasteiger partial charge in [0.1, 0.15) is 11.9 Å². The molecule has 0 aliphatic carbocycles. The number of hydrogen-bond acceptors (Lipinski definition) is 6. The third-order valence-electron chi connectivity index (χ3n) is 4.29. The highest BCUT2D eigenvalue weighted by Gasteiger charge is 2.24. The highest BCUT2D eigenvalue weighted by atomic mass is 35.5. The number of nitrogens with one attached hydrogen (secondary N) is 1. The summed E-state index contributed by atoms with van der Waals surface area (Å²) in [7, 11) is 0. The second-order valence-electron chi connectivity index (χ2n) is 6.29. The fraction of sp³-hybridized carbons (Fsp3) is 0.250. The van der Waals surface area contributed by atoms with Crippen molar-refractivity contribution in [2.45, 2.75) is 18.2 Å². The Bertz CT molecular complexity index is 992. The maximum atomic E-state index is 11.3. The van der Waals surface area contributed by atoms with E-state index in [1.54, 1.807) is 0 Å². The zero-order chi connectivity index (χ0) is 20.2. The molecule has 1 atom stereocenters. The number of alkyl carbamates (subject to hydrolysis) is 1. The van der Waals surface area contributed by atoms with Crippen LogP contribution in [0.4, 0.5) is 4.79 Å². The Labute approximate surface area is 177 Å². The summed E-state index contributed by atoms with van der Waals surface area (Å²) in [5.41, 5.74) is 1.81. The Balaban J connectivity index is 1.67. The van der Waals surface area contributed by atoms with Gasteiger partial charge in [-0.1, -0.05) is 23.4 Å². The third-order valence-corrected chi connectivity index (χ3v) is 5.60. The van der Waals surface area contributed by atoms with E-state index in [1.165, 1.54) is 11.8 Å². The number of halogens is 1. The van der Waals surface area contributed by atoms with Gasteiger partial charge in [-0.15, -0.1) is 10.2 Å². The van der Waals surface area contributed by atoms with Crippen LogP contribution in [-0.2, 0) is 4.74 Å². The first kappa shape index (κ1) is 19.6. The van der Waals surface area contributed by atoms with Crippen LogP contribution in [0.1, 0.15) is 6.92 Å². The highest BCUT2D eigenvalue weighted by molar-refractivity contribution is 7.99. The van der Waals surface area contributed by atoms with Gasteiger partial charge in [0.05, 0.1) is 13.2 Å². The van der Waals surface area contributed by atoms with Gasteiger partial charge in [0.2, 0.25) is 0 Å². The average Bonchev–Trinajstić information content (AvgIpc) is 3.34. The van der Waals surface area contributed by atoms with Crippen molar-refractivity contribution < 1.29 is 14.3 Å². The van der Waals surface area contributed by atoms with Crippen molar-refractivity contribution >= 4 is 29.5 Å². The van der Waals surface area contributed by atoms with Crippen molar-refractivity contribution in [2.24, 2.45) is 0 Å². The van der Waals surface area contributed by atoms with Gasteiger partial charge in [-0.3, -0.25) is 4.57 Å². The molecule has 1 aromatic heterocycles. The first-order valence-corrected chi connectivity index (χ1v) is 10.5. The van der Waals surface area contributed by atoms with E-state index < -0.39 is 0 Å². The van der Waals surface area contributed by atoms with Crippen molar-refractivity contribution in [1.29, 1.82) is 0 Å². The van der Waals surface area contributed by atoms with E-state index in [0.29, 0.717) is 34.9 Å². The van der Waals surface area contributed by atoms with Crippen LogP contribution in [0.25, 0.3) is 17.1 Å². The number of carbonyl (C=O) groups excluding carboxylic acids is 1. The molecular formula is C20H19ClN4O3S. The second kappa shape index (κ2) is 8.75. The summed E-state index contributed by atoms with van der Waals surface area (Å²) < 4.78 is 12.7. The number of hydrogen-bond donors (Lipinski definition) is 1. The molecule has 0 spiro atoms. The van der Waals surface area contributed by atoms with Crippen molar-refractivity contribution in [3.8, 4) is 22.8 Å².